The number of carbonyl (C=O) groups excluding carboxylic acids is 1. The molecule has 0 aliphatic heterocycles. The number of hydrogen-bond donors (Lipinski definition) is 3. The number of aliphatic carboxylic acids is 1. The van der Waals surface area contributed by atoms with Gasteiger partial charge in [-0.05, 0) is 5.92 Å². The molecule has 1 heterocycles. The monoisotopic (exact) mass is 241 g/mol. The molecule has 0 fully saturated rings. The van der Waals surface area contributed by atoms with E-state index in [2.05, 4.69) is 20.3 Å². The third kappa shape index (κ3) is 4.13. The van der Waals surface area contributed by atoms with Crippen molar-refractivity contribution < 1.29 is 19.2 Å². The van der Waals surface area contributed by atoms with Crippen LogP contribution < -0.4 is 10.6 Å². The summed E-state index contributed by atoms with van der Waals surface area (Å²) in [5.74, 6) is -1.25. The Labute approximate surface area is 98.2 Å². The van der Waals surface area contributed by atoms with Crippen LogP contribution in [0.2, 0.25) is 0 Å². The number of carbonyl (C=O) groups is 2. The molecule has 2 amide bonds. The van der Waals surface area contributed by atoms with Crippen molar-refractivity contribution in [3.05, 3.63) is 18.0 Å². The Morgan fingerprint density at radius 1 is 1.53 bits per heavy atom. The topological polar surface area (TPSA) is 104 Å². The number of rotatable bonds is 5. The standard InChI is InChI=1S/C10H15N3O4/c1-6(2)8(9(14)15)12-10(16)11-5-7-3-4-17-13-7/h3-4,6,8H,5H2,1-2H3,(H,14,15)(H2,11,12,16)/t8-/m1/s1. The average molecular weight is 241 g/mol. The fourth-order valence-electron chi connectivity index (χ4n) is 1.21. The van der Waals surface area contributed by atoms with Crippen molar-refractivity contribution in [2.45, 2.75) is 26.4 Å². The van der Waals surface area contributed by atoms with Gasteiger partial charge in [-0.2, -0.15) is 0 Å². The molecule has 0 saturated carbocycles. The van der Waals surface area contributed by atoms with Crippen LogP contribution in [0, 0.1) is 5.92 Å². The van der Waals surface area contributed by atoms with Crippen molar-refractivity contribution in [2.75, 3.05) is 0 Å². The minimum absolute atomic E-state index is 0.187. The van der Waals surface area contributed by atoms with E-state index in [9.17, 15) is 9.59 Å². The first kappa shape index (κ1) is 13.0. The van der Waals surface area contributed by atoms with E-state index in [1.54, 1.807) is 19.9 Å². The summed E-state index contributed by atoms with van der Waals surface area (Å²) in [5.41, 5.74) is 0.566. The first-order chi connectivity index (χ1) is 8.00. The van der Waals surface area contributed by atoms with Gasteiger partial charge in [-0.1, -0.05) is 19.0 Å². The Morgan fingerprint density at radius 3 is 2.71 bits per heavy atom. The second-order valence-corrected chi connectivity index (χ2v) is 3.88. The van der Waals surface area contributed by atoms with Crippen LogP contribution in [0.15, 0.2) is 16.9 Å². The zero-order chi connectivity index (χ0) is 12.8. The molecule has 94 valence electrons. The highest BCUT2D eigenvalue weighted by Gasteiger charge is 2.23. The van der Waals surface area contributed by atoms with Crippen LogP contribution in [-0.2, 0) is 11.3 Å². The van der Waals surface area contributed by atoms with Gasteiger partial charge in [-0.25, -0.2) is 9.59 Å². The molecule has 0 aromatic carbocycles. The van der Waals surface area contributed by atoms with Gasteiger partial charge in [0.05, 0.1) is 6.54 Å². The molecule has 7 heteroatoms. The molecule has 0 saturated heterocycles. The van der Waals surface area contributed by atoms with Gasteiger partial charge in [0, 0.05) is 6.07 Å². The molecular formula is C10H15N3O4. The SMILES string of the molecule is CC(C)[C@@H](NC(=O)NCc1ccon1)C(=O)O. The zero-order valence-corrected chi connectivity index (χ0v) is 9.64. The lowest BCUT2D eigenvalue weighted by molar-refractivity contribution is -0.140. The smallest absolute Gasteiger partial charge is 0.326 e. The van der Waals surface area contributed by atoms with Gasteiger partial charge in [0.1, 0.15) is 18.0 Å². The molecule has 0 spiro atoms. The summed E-state index contributed by atoms with van der Waals surface area (Å²) in [7, 11) is 0. The Balaban J connectivity index is 2.40. The van der Waals surface area contributed by atoms with Crippen molar-refractivity contribution in [2.24, 2.45) is 5.92 Å². The number of carboxylic acid groups (broad SMARTS) is 1. The minimum Gasteiger partial charge on any atom is -0.480 e. The Kier molecular flexibility index (Phi) is 4.50. The first-order valence-electron chi connectivity index (χ1n) is 5.17. The second kappa shape index (κ2) is 5.88. The summed E-state index contributed by atoms with van der Waals surface area (Å²) in [6.45, 7) is 3.63. The third-order valence-corrected chi connectivity index (χ3v) is 2.14. The predicted octanol–water partition coefficient (Wildman–Crippen LogP) is 0.583. The van der Waals surface area contributed by atoms with Crippen LogP contribution in [0.3, 0.4) is 0 Å². The van der Waals surface area contributed by atoms with E-state index in [1.165, 1.54) is 6.26 Å². The van der Waals surface area contributed by atoms with Gasteiger partial charge in [0.15, 0.2) is 0 Å². The van der Waals surface area contributed by atoms with Gasteiger partial charge >= 0.3 is 12.0 Å². The highest BCUT2D eigenvalue weighted by molar-refractivity contribution is 5.82. The highest BCUT2D eigenvalue weighted by atomic mass is 16.5. The maximum atomic E-state index is 11.4. The highest BCUT2D eigenvalue weighted by Crippen LogP contribution is 2.01. The van der Waals surface area contributed by atoms with Crippen molar-refractivity contribution >= 4 is 12.0 Å². The molecule has 0 radical (unpaired) electrons. The van der Waals surface area contributed by atoms with E-state index in [-0.39, 0.29) is 12.5 Å². The van der Waals surface area contributed by atoms with E-state index in [1.807, 2.05) is 0 Å². The lowest BCUT2D eigenvalue weighted by atomic mass is 10.1. The molecule has 17 heavy (non-hydrogen) atoms. The predicted molar refractivity (Wildman–Crippen MR) is 58.1 cm³/mol. The van der Waals surface area contributed by atoms with Crippen molar-refractivity contribution in [1.82, 2.24) is 15.8 Å². The van der Waals surface area contributed by atoms with E-state index in [4.69, 9.17) is 5.11 Å². The van der Waals surface area contributed by atoms with Crippen LogP contribution in [0.1, 0.15) is 19.5 Å². The molecule has 1 rings (SSSR count). The Hall–Kier alpha value is -2.05. The zero-order valence-electron chi connectivity index (χ0n) is 9.64. The molecule has 1 aromatic heterocycles. The van der Waals surface area contributed by atoms with Gasteiger partial charge in [0.2, 0.25) is 0 Å². The lowest BCUT2D eigenvalue weighted by Crippen LogP contribution is -2.48. The van der Waals surface area contributed by atoms with E-state index < -0.39 is 18.0 Å². The summed E-state index contributed by atoms with van der Waals surface area (Å²) in [4.78, 5) is 22.3. The maximum absolute atomic E-state index is 11.4. The van der Waals surface area contributed by atoms with Crippen LogP contribution in [-0.4, -0.2) is 28.3 Å². The normalized spacial score (nSPS) is 12.2. The minimum atomic E-state index is -1.06. The van der Waals surface area contributed by atoms with Gasteiger partial charge < -0.3 is 20.3 Å². The molecule has 1 atom stereocenters. The lowest BCUT2D eigenvalue weighted by Gasteiger charge is -2.17. The first-order valence-corrected chi connectivity index (χ1v) is 5.17. The second-order valence-electron chi connectivity index (χ2n) is 3.88. The number of carboxylic acids is 1. The summed E-state index contributed by atoms with van der Waals surface area (Å²) in [5, 5.41) is 17.3. The molecule has 1 aromatic rings. The van der Waals surface area contributed by atoms with E-state index in [0.717, 1.165) is 0 Å². The van der Waals surface area contributed by atoms with Crippen LogP contribution in [0.5, 0.6) is 0 Å². The van der Waals surface area contributed by atoms with Gasteiger partial charge in [-0.15, -0.1) is 0 Å². The van der Waals surface area contributed by atoms with Gasteiger partial charge in [0.25, 0.3) is 0 Å². The average Bonchev–Trinajstić information content (AvgIpc) is 2.74. The molecule has 7 nitrogen and oxygen atoms in total. The summed E-state index contributed by atoms with van der Waals surface area (Å²) in [6.07, 6.45) is 1.39. The maximum Gasteiger partial charge on any atom is 0.326 e. The Morgan fingerprint density at radius 2 is 2.24 bits per heavy atom. The van der Waals surface area contributed by atoms with Crippen molar-refractivity contribution in [3.8, 4) is 0 Å². The quantitative estimate of drug-likeness (QED) is 0.699. The largest absolute Gasteiger partial charge is 0.480 e. The summed E-state index contributed by atoms with van der Waals surface area (Å²) in [6, 6.07) is 0.152. The number of nitrogens with one attached hydrogen (secondary N) is 2. The van der Waals surface area contributed by atoms with Crippen LogP contribution in [0.25, 0.3) is 0 Å². The van der Waals surface area contributed by atoms with Crippen molar-refractivity contribution in [1.29, 1.82) is 0 Å². The third-order valence-electron chi connectivity index (χ3n) is 2.14. The molecule has 0 aliphatic carbocycles. The number of aromatic nitrogens is 1. The number of nitrogens with zero attached hydrogens (tertiary/aromatic N) is 1. The summed E-state index contributed by atoms with van der Waals surface area (Å²) >= 11 is 0. The molecule has 0 bridgehead atoms. The number of urea groups is 1. The summed E-state index contributed by atoms with van der Waals surface area (Å²) < 4.78 is 4.59. The Bertz CT molecular complexity index is 375. The van der Waals surface area contributed by atoms with Gasteiger partial charge in [-0.3, -0.25) is 0 Å². The number of amides is 2. The van der Waals surface area contributed by atoms with Crippen molar-refractivity contribution in [3.63, 3.8) is 0 Å². The molecule has 0 aliphatic rings. The number of hydrogen-bond acceptors (Lipinski definition) is 4. The molecule has 3 N–H and O–H groups in total. The van der Waals surface area contributed by atoms with Crippen LogP contribution >= 0.6 is 0 Å². The van der Waals surface area contributed by atoms with Crippen LogP contribution in [0.4, 0.5) is 4.79 Å². The molecular weight excluding hydrogens is 226 g/mol. The van der Waals surface area contributed by atoms with E-state index >= 15 is 0 Å². The molecule has 0 unspecified atom stereocenters. The fourth-order valence-corrected chi connectivity index (χ4v) is 1.21. The van der Waals surface area contributed by atoms with E-state index in [0.29, 0.717) is 5.69 Å². The fraction of sp³-hybridized carbons (Fsp3) is 0.500.